The Hall–Kier alpha value is -3.21. The number of sulfonamides is 1. The highest BCUT2D eigenvalue weighted by Gasteiger charge is 2.31. The lowest BCUT2D eigenvalue weighted by Crippen LogP contribution is -2.54. The Morgan fingerprint density at radius 1 is 1.06 bits per heavy atom. The predicted octanol–water partition coefficient (Wildman–Crippen LogP) is 3.07. The fourth-order valence-corrected chi connectivity index (χ4v) is 4.08. The van der Waals surface area contributed by atoms with Crippen LogP contribution in [0.25, 0.3) is 0 Å². The van der Waals surface area contributed by atoms with Gasteiger partial charge in [-0.3, -0.25) is 13.9 Å². The highest BCUT2D eigenvalue weighted by Crippen LogP contribution is 2.22. The van der Waals surface area contributed by atoms with Gasteiger partial charge in [0.1, 0.15) is 18.3 Å². The van der Waals surface area contributed by atoms with Crippen molar-refractivity contribution in [1.82, 2.24) is 10.2 Å². The Labute approximate surface area is 204 Å². The molecule has 0 fully saturated rings. The number of carbonyl (C=O) groups excluding carboxylic acids is 2. The minimum Gasteiger partial charge on any atom is -0.497 e. The SMILES string of the molecule is COc1ccc(CN(C(=O)CN(c2ccc(F)c(F)c2)S(C)(=O)=O)[C@H](C)C(=O)NC(C)(C)C)cc1. The van der Waals surface area contributed by atoms with Crippen molar-refractivity contribution in [2.45, 2.75) is 45.8 Å². The first-order valence-corrected chi connectivity index (χ1v) is 12.6. The van der Waals surface area contributed by atoms with E-state index in [0.717, 1.165) is 18.4 Å². The van der Waals surface area contributed by atoms with Gasteiger partial charge in [-0.15, -0.1) is 0 Å². The molecule has 8 nitrogen and oxygen atoms in total. The molecule has 1 N–H and O–H groups in total. The van der Waals surface area contributed by atoms with E-state index >= 15 is 0 Å². The van der Waals surface area contributed by atoms with Crippen LogP contribution in [0.4, 0.5) is 14.5 Å². The molecule has 11 heteroatoms. The first-order chi connectivity index (χ1) is 16.1. The van der Waals surface area contributed by atoms with Crippen molar-refractivity contribution in [3.8, 4) is 5.75 Å². The Kier molecular flexibility index (Phi) is 8.83. The second kappa shape index (κ2) is 11.0. The van der Waals surface area contributed by atoms with Crippen LogP contribution in [0.3, 0.4) is 0 Å². The molecule has 2 amide bonds. The van der Waals surface area contributed by atoms with Gasteiger partial charge < -0.3 is 15.0 Å². The van der Waals surface area contributed by atoms with Crippen molar-refractivity contribution in [2.75, 3.05) is 24.2 Å². The molecule has 0 saturated carbocycles. The summed E-state index contributed by atoms with van der Waals surface area (Å²) in [6, 6.07) is 8.42. The quantitative estimate of drug-likeness (QED) is 0.558. The van der Waals surface area contributed by atoms with Crippen LogP contribution in [0.5, 0.6) is 5.75 Å². The van der Waals surface area contributed by atoms with E-state index in [0.29, 0.717) is 21.7 Å². The van der Waals surface area contributed by atoms with E-state index in [9.17, 15) is 26.8 Å². The van der Waals surface area contributed by atoms with Gasteiger partial charge in [-0.1, -0.05) is 12.1 Å². The zero-order valence-corrected chi connectivity index (χ0v) is 21.4. The highest BCUT2D eigenvalue weighted by molar-refractivity contribution is 7.92. The van der Waals surface area contributed by atoms with E-state index in [1.165, 1.54) is 18.9 Å². The van der Waals surface area contributed by atoms with Crippen molar-refractivity contribution in [3.05, 3.63) is 59.7 Å². The topological polar surface area (TPSA) is 96.0 Å². The molecule has 192 valence electrons. The van der Waals surface area contributed by atoms with Gasteiger partial charge >= 0.3 is 0 Å². The lowest BCUT2D eigenvalue weighted by atomic mass is 10.1. The number of hydrogen-bond acceptors (Lipinski definition) is 5. The van der Waals surface area contributed by atoms with E-state index in [4.69, 9.17) is 4.74 Å². The van der Waals surface area contributed by atoms with Crippen LogP contribution in [-0.2, 0) is 26.2 Å². The van der Waals surface area contributed by atoms with Crippen molar-refractivity contribution < 1.29 is 31.5 Å². The number of halogens is 2. The summed E-state index contributed by atoms with van der Waals surface area (Å²) in [5.41, 5.74) is -0.103. The second-order valence-corrected chi connectivity index (χ2v) is 11.1. The van der Waals surface area contributed by atoms with Gasteiger partial charge in [0.25, 0.3) is 0 Å². The predicted molar refractivity (Wildman–Crippen MR) is 129 cm³/mol. The van der Waals surface area contributed by atoms with Gasteiger partial charge in [0.15, 0.2) is 11.6 Å². The van der Waals surface area contributed by atoms with Crippen LogP contribution >= 0.6 is 0 Å². The number of rotatable bonds is 9. The molecule has 0 aliphatic heterocycles. The highest BCUT2D eigenvalue weighted by atomic mass is 32.2. The molecule has 2 aromatic rings. The largest absolute Gasteiger partial charge is 0.497 e. The van der Waals surface area contributed by atoms with Crippen molar-refractivity contribution in [3.63, 3.8) is 0 Å². The number of hydrogen-bond donors (Lipinski definition) is 1. The number of nitrogens with one attached hydrogen (secondary N) is 1. The molecular formula is C24H31F2N3O5S. The van der Waals surface area contributed by atoms with E-state index in [1.807, 2.05) is 0 Å². The van der Waals surface area contributed by atoms with Gasteiger partial charge in [0, 0.05) is 18.2 Å². The van der Waals surface area contributed by atoms with E-state index in [2.05, 4.69) is 5.32 Å². The summed E-state index contributed by atoms with van der Waals surface area (Å²) in [5.74, 6) is -2.93. The molecule has 0 aliphatic rings. The Morgan fingerprint density at radius 3 is 2.14 bits per heavy atom. The Bertz CT molecular complexity index is 1160. The maximum Gasteiger partial charge on any atom is 0.244 e. The third-order valence-electron chi connectivity index (χ3n) is 5.05. The molecule has 0 bridgehead atoms. The van der Waals surface area contributed by atoms with Crippen LogP contribution < -0.4 is 14.4 Å². The van der Waals surface area contributed by atoms with E-state index < -0.39 is 51.6 Å². The Morgan fingerprint density at radius 2 is 1.66 bits per heavy atom. The molecule has 1 atom stereocenters. The summed E-state index contributed by atoms with van der Waals surface area (Å²) in [6.07, 6.45) is 0.852. The lowest BCUT2D eigenvalue weighted by Gasteiger charge is -2.33. The van der Waals surface area contributed by atoms with Crippen LogP contribution in [0.2, 0.25) is 0 Å². The van der Waals surface area contributed by atoms with Gasteiger partial charge in [0.05, 0.1) is 19.1 Å². The maximum atomic E-state index is 13.8. The number of amides is 2. The molecule has 35 heavy (non-hydrogen) atoms. The first kappa shape index (κ1) is 28.0. The molecule has 0 saturated heterocycles. The molecule has 2 aromatic carbocycles. The average Bonchev–Trinajstić information content (AvgIpc) is 2.75. The Balaban J connectivity index is 2.42. The number of benzene rings is 2. The smallest absolute Gasteiger partial charge is 0.244 e. The minimum absolute atomic E-state index is 0.00304. The van der Waals surface area contributed by atoms with Gasteiger partial charge in [0.2, 0.25) is 21.8 Å². The summed E-state index contributed by atoms with van der Waals surface area (Å²) < 4.78 is 57.9. The number of ether oxygens (including phenoxy) is 1. The number of methoxy groups -OCH3 is 1. The van der Waals surface area contributed by atoms with Crippen molar-refractivity contribution >= 4 is 27.5 Å². The molecular weight excluding hydrogens is 480 g/mol. The van der Waals surface area contributed by atoms with Gasteiger partial charge in [-0.05, 0) is 57.5 Å². The van der Waals surface area contributed by atoms with Gasteiger partial charge in [-0.25, -0.2) is 17.2 Å². The minimum atomic E-state index is -4.05. The molecule has 0 unspecified atom stereocenters. The van der Waals surface area contributed by atoms with Crippen molar-refractivity contribution in [1.29, 1.82) is 0 Å². The summed E-state index contributed by atoms with van der Waals surface area (Å²) >= 11 is 0. The summed E-state index contributed by atoms with van der Waals surface area (Å²) in [7, 11) is -2.54. The summed E-state index contributed by atoms with van der Waals surface area (Å²) in [4.78, 5) is 27.5. The molecule has 0 spiro atoms. The van der Waals surface area contributed by atoms with E-state index in [1.54, 1.807) is 45.0 Å². The summed E-state index contributed by atoms with van der Waals surface area (Å²) in [6.45, 7) is 6.19. The standard InChI is InChI=1S/C24H31F2N3O5S/c1-16(23(31)27-24(2,3)4)28(14-17-7-10-19(34-5)11-8-17)22(30)15-29(35(6,32)33)18-9-12-20(25)21(26)13-18/h7-13,16H,14-15H2,1-6H3,(H,27,31)/t16-/m1/s1. The molecule has 0 heterocycles. The van der Waals surface area contributed by atoms with Crippen LogP contribution in [0.15, 0.2) is 42.5 Å². The molecule has 0 radical (unpaired) electrons. The van der Waals surface area contributed by atoms with Gasteiger partial charge in [-0.2, -0.15) is 0 Å². The fraction of sp³-hybridized carbons (Fsp3) is 0.417. The van der Waals surface area contributed by atoms with Crippen LogP contribution in [-0.4, -0.2) is 56.6 Å². The number of nitrogens with zero attached hydrogens (tertiary/aromatic N) is 2. The van der Waals surface area contributed by atoms with Crippen LogP contribution in [0, 0.1) is 11.6 Å². The first-order valence-electron chi connectivity index (χ1n) is 10.8. The molecule has 0 aromatic heterocycles. The summed E-state index contributed by atoms with van der Waals surface area (Å²) in [5, 5.41) is 2.81. The normalized spacial score (nSPS) is 12.6. The number of anilines is 1. The lowest BCUT2D eigenvalue weighted by molar-refractivity contribution is -0.140. The average molecular weight is 512 g/mol. The zero-order chi connectivity index (χ0) is 26.6. The third kappa shape index (κ3) is 7.91. The molecule has 2 rings (SSSR count). The maximum absolute atomic E-state index is 13.8. The fourth-order valence-electron chi connectivity index (χ4n) is 3.24. The molecule has 0 aliphatic carbocycles. The monoisotopic (exact) mass is 511 g/mol. The second-order valence-electron chi connectivity index (χ2n) is 9.15. The van der Waals surface area contributed by atoms with E-state index in [-0.39, 0.29) is 12.2 Å². The van der Waals surface area contributed by atoms with Crippen molar-refractivity contribution in [2.24, 2.45) is 0 Å². The van der Waals surface area contributed by atoms with Crippen LogP contribution in [0.1, 0.15) is 33.3 Å². The zero-order valence-electron chi connectivity index (χ0n) is 20.6. The third-order valence-corrected chi connectivity index (χ3v) is 6.19. The number of carbonyl (C=O) groups is 2.